The molecule has 6 nitrogen and oxygen atoms in total. The molecule has 1 amide bonds. The maximum absolute atomic E-state index is 13.0. The van der Waals surface area contributed by atoms with Crippen LogP contribution in [0, 0.1) is 6.92 Å². The number of halogens is 1. The predicted octanol–water partition coefficient (Wildman–Crippen LogP) is 4.08. The first-order valence-corrected chi connectivity index (χ1v) is 11.5. The van der Waals surface area contributed by atoms with E-state index in [1.807, 2.05) is 31.2 Å². The van der Waals surface area contributed by atoms with Gasteiger partial charge in [-0.1, -0.05) is 36.7 Å². The van der Waals surface area contributed by atoms with Crippen molar-refractivity contribution in [3.05, 3.63) is 58.6 Å². The normalized spacial score (nSPS) is 13.4. The van der Waals surface area contributed by atoms with Gasteiger partial charge in [-0.15, -0.1) is 0 Å². The molecule has 0 radical (unpaired) electrons. The van der Waals surface area contributed by atoms with Crippen LogP contribution in [0.3, 0.4) is 0 Å². The van der Waals surface area contributed by atoms with Gasteiger partial charge in [0, 0.05) is 5.02 Å². The molecule has 0 unspecified atom stereocenters. The average molecular weight is 439 g/mol. The Morgan fingerprint density at radius 2 is 1.83 bits per heavy atom. The van der Waals surface area contributed by atoms with Gasteiger partial charge in [-0.3, -0.25) is 9.10 Å². The van der Waals surface area contributed by atoms with Crippen LogP contribution in [0.25, 0.3) is 0 Å². The van der Waals surface area contributed by atoms with Gasteiger partial charge in [0.2, 0.25) is 15.9 Å². The lowest BCUT2D eigenvalue weighted by atomic mass is 10.0. The first kappa shape index (κ1) is 23.0. The van der Waals surface area contributed by atoms with Crippen molar-refractivity contribution in [1.82, 2.24) is 5.32 Å². The maximum Gasteiger partial charge on any atom is 0.244 e. The summed E-state index contributed by atoms with van der Waals surface area (Å²) in [5.41, 5.74) is 2.01. The van der Waals surface area contributed by atoms with Crippen molar-refractivity contribution in [2.45, 2.75) is 39.3 Å². The predicted molar refractivity (Wildman–Crippen MR) is 117 cm³/mol. The van der Waals surface area contributed by atoms with Crippen LogP contribution in [-0.2, 0) is 14.8 Å². The Morgan fingerprint density at radius 3 is 2.34 bits per heavy atom. The molecule has 29 heavy (non-hydrogen) atoms. The molecular weight excluding hydrogens is 412 g/mol. The van der Waals surface area contributed by atoms with Crippen molar-refractivity contribution in [2.24, 2.45) is 0 Å². The van der Waals surface area contributed by atoms with Crippen molar-refractivity contribution < 1.29 is 17.9 Å². The molecule has 2 atom stereocenters. The summed E-state index contributed by atoms with van der Waals surface area (Å²) in [6.07, 6.45) is 1.73. The van der Waals surface area contributed by atoms with Gasteiger partial charge in [0.15, 0.2) is 0 Å². The third-order valence-electron chi connectivity index (χ3n) is 4.74. The molecule has 0 spiro atoms. The second kappa shape index (κ2) is 9.50. The van der Waals surface area contributed by atoms with Crippen LogP contribution in [0.15, 0.2) is 42.5 Å². The zero-order valence-corrected chi connectivity index (χ0v) is 18.8. The molecule has 0 heterocycles. The minimum absolute atomic E-state index is 0.252. The summed E-state index contributed by atoms with van der Waals surface area (Å²) in [6, 6.07) is 11.2. The quantitative estimate of drug-likeness (QED) is 0.673. The van der Waals surface area contributed by atoms with E-state index in [0.717, 1.165) is 21.9 Å². The van der Waals surface area contributed by atoms with E-state index < -0.39 is 22.0 Å². The van der Waals surface area contributed by atoms with Crippen LogP contribution in [0.5, 0.6) is 5.75 Å². The van der Waals surface area contributed by atoms with Crippen LogP contribution in [0.1, 0.15) is 37.4 Å². The van der Waals surface area contributed by atoms with Gasteiger partial charge in [0.25, 0.3) is 0 Å². The maximum atomic E-state index is 13.0. The lowest BCUT2D eigenvalue weighted by Gasteiger charge is -2.31. The highest BCUT2D eigenvalue weighted by atomic mass is 35.5. The number of hydrogen-bond donors (Lipinski definition) is 1. The monoisotopic (exact) mass is 438 g/mol. The van der Waals surface area contributed by atoms with E-state index in [1.54, 1.807) is 39.2 Å². The van der Waals surface area contributed by atoms with Crippen molar-refractivity contribution in [1.29, 1.82) is 0 Å². The molecule has 0 aliphatic rings. The fourth-order valence-electron chi connectivity index (χ4n) is 3.15. The van der Waals surface area contributed by atoms with E-state index in [4.69, 9.17) is 16.3 Å². The lowest BCUT2D eigenvalue weighted by Crippen LogP contribution is -2.48. The summed E-state index contributed by atoms with van der Waals surface area (Å²) in [5, 5.41) is 3.36. The number of amides is 1. The van der Waals surface area contributed by atoms with Crippen LogP contribution in [0.4, 0.5) is 5.69 Å². The summed E-state index contributed by atoms with van der Waals surface area (Å²) in [4.78, 5) is 13.0. The molecule has 0 saturated heterocycles. The van der Waals surface area contributed by atoms with Crippen molar-refractivity contribution in [2.75, 3.05) is 17.7 Å². The van der Waals surface area contributed by atoms with E-state index in [9.17, 15) is 13.2 Å². The highest BCUT2D eigenvalue weighted by Crippen LogP contribution is 2.29. The number of rotatable bonds is 8. The minimum Gasteiger partial charge on any atom is -0.497 e. The third-order valence-corrected chi connectivity index (χ3v) is 6.20. The summed E-state index contributed by atoms with van der Waals surface area (Å²) >= 11 is 6.07. The standard InChI is InChI=1S/C21H27ClN2O4S/c1-6-19(16-8-11-18(28-4)12-9-16)23-21(25)15(3)24(29(5,26)27)20-13-17(22)10-7-14(20)2/h7-13,15,19H,6H2,1-5H3,(H,23,25)/t15-,19+/m1/s1. The number of anilines is 1. The van der Waals surface area contributed by atoms with Crippen LogP contribution < -0.4 is 14.4 Å². The van der Waals surface area contributed by atoms with Gasteiger partial charge in [-0.2, -0.15) is 0 Å². The summed E-state index contributed by atoms with van der Waals surface area (Å²) < 4.78 is 31.3. The van der Waals surface area contributed by atoms with E-state index >= 15 is 0 Å². The first-order valence-electron chi connectivity index (χ1n) is 9.28. The molecule has 1 N–H and O–H groups in total. The smallest absolute Gasteiger partial charge is 0.244 e. The van der Waals surface area contributed by atoms with Gasteiger partial charge in [0.1, 0.15) is 11.8 Å². The Kier molecular flexibility index (Phi) is 7.54. The van der Waals surface area contributed by atoms with Crippen molar-refractivity contribution in [3.8, 4) is 5.75 Å². The topological polar surface area (TPSA) is 75.7 Å². The van der Waals surface area contributed by atoms with Gasteiger partial charge in [-0.05, 0) is 55.7 Å². The number of sulfonamides is 1. The van der Waals surface area contributed by atoms with E-state index in [2.05, 4.69) is 5.32 Å². The number of aryl methyl sites for hydroxylation is 1. The van der Waals surface area contributed by atoms with Crippen LogP contribution in [0.2, 0.25) is 5.02 Å². The molecule has 2 aromatic carbocycles. The Bertz CT molecular complexity index is 961. The third kappa shape index (κ3) is 5.64. The highest BCUT2D eigenvalue weighted by molar-refractivity contribution is 7.92. The van der Waals surface area contributed by atoms with Gasteiger partial charge in [0.05, 0.1) is 25.1 Å². The zero-order chi connectivity index (χ0) is 21.8. The second-order valence-corrected chi connectivity index (χ2v) is 9.20. The Morgan fingerprint density at radius 1 is 1.21 bits per heavy atom. The summed E-state index contributed by atoms with van der Waals surface area (Å²) in [7, 11) is -2.13. The largest absolute Gasteiger partial charge is 0.497 e. The molecule has 8 heteroatoms. The molecule has 2 rings (SSSR count). The lowest BCUT2D eigenvalue weighted by molar-refractivity contribution is -0.122. The molecule has 158 valence electrons. The fraction of sp³-hybridized carbons (Fsp3) is 0.381. The number of carbonyl (C=O) groups excluding carboxylic acids is 1. The van der Waals surface area contributed by atoms with Gasteiger partial charge in [-0.25, -0.2) is 8.42 Å². The number of ether oxygens (including phenoxy) is 1. The van der Waals surface area contributed by atoms with E-state index in [0.29, 0.717) is 22.7 Å². The molecule has 0 aliphatic heterocycles. The summed E-state index contributed by atoms with van der Waals surface area (Å²) in [5.74, 6) is 0.334. The number of methoxy groups -OCH3 is 1. The highest BCUT2D eigenvalue weighted by Gasteiger charge is 2.31. The Balaban J connectivity index is 2.31. The van der Waals surface area contributed by atoms with Gasteiger partial charge < -0.3 is 10.1 Å². The average Bonchev–Trinajstić information content (AvgIpc) is 2.67. The molecule has 0 aromatic heterocycles. The van der Waals surface area contributed by atoms with Gasteiger partial charge >= 0.3 is 0 Å². The number of benzene rings is 2. The molecule has 0 bridgehead atoms. The number of carbonyl (C=O) groups is 1. The molecule has 0 fully saturated rings. The van der Waals surface area contributed by atoms with E-state index in [1.165, 1.54) is 0 Å². The fourth-order valence-corrected chi connectivity index (χ4v) is 4.54. The molecule has 2 aromatic rings. The minimum atomic E-state index is -3.72. The van der Waals surface area contributed by atoms with Crippen LogP contribution >= 0.6 is 11.6 Å². The Labute approximate surface area is 177 Å². The molecule has 0 aliphatic carbocycles. The molecule has 0 saturated carbocycles. The van der Waals surface area contributed by atoms with Crippen LogP contribution in [-0.4, -0.2) is 33.7 Å². The van der Waals surface area contributed by atoms with Crippen molar-refractivity contribution in [3.63, 3.8) is 0 Å². The summed E-state index contributed by atoms with van der Waals surface area (Å²) in [6.45, 7) is 5.30. The Hall–Kier alpha value is -2.25. The number of nitrogens with zero attached hydrogens (tertiary/aromatic N) is 1. The SMILES string of the molecule is CC[C@H](NC(=O)[C@@H](C)N(c1cc(Cl)ccc1C)S(C)(=O)=O)c1ccc(OC)cc1. The second-order valence-electron chi connectivity index (χ2n) is 6.91. The number of nitrogens with one attached hydrogen (secondary N) is 1. The van der Waals surface area contributed by atoms with Crippen molar-refractivity contribution >= 4 is 33.2 Å². The zero-order valence-electron chi connectivity index (χ0n) is 17.3. The molecular formula is C21H27ClN2O4S. The van der Waals surface area contributed by atoms with E-state index in [-0.39, 0.29) is 6.04 Å². The first-order chi connectivity index (χ1) is 13.6. The number of hydrogen-bond acceptors (Lipinski definition) is 4.